The van der Waals surface area contributed by atoms with Crippen LogP contribution < -0.4 is 0 Å². The molecule has 1 heterocycles. The van der Waals surface area contributed by atoms with Gasteiger partial charge in [-0.3, -0.25) is 0 Å². The second-order valence-corrected chi connectivity index (χ2v) is 5.59. The molecule has 0 aliphatic heterocycles. The Balaban J connectivity index is 2.08. The number of aromatic carboxylic acids is 1. The molecule has 2 rings (SSSR count). The van der Waals surface area contributed by atoms with Gasteiger partial charge in [-0.25, -0.2) is 9.78 Å². The maximum Gasteiger partial charge on any atom is 0.355 e. The molecule has 1 aromatic carbocycles. The van der Waals surface area contributed by atoms with Crippen molar-refractivity contribution in [3.8, 4) is 0 Å². The van der Waals surface area contributed by atoms with Gasteiger partial charge in [-0.15, -0.1) is 11.3 Å². The van der Waals surface area contributed by atoms with Gasteiger partial charge in [0.1, 0.15) is 0 Å². The highest BCUT2D eigenvalue weighted by molar-refractivity contribution is 7.11. The number of hydrogen-bond donors (Lipinski definition) is 1. The van der Waals surface area contributed by atoms with Gasteiger partial charge in [0.15, 0.2) is 5.69 Å². The molecule has 0 fully saturated rings. The van der Waals surface area contributed by atoms with Crippen LogP contribution in [0, 0.1) is 0 Å². The monoisotopic (exact) mass is 275 g/mol. The average Bonchev–Trinajstić information content (AvgIpc) is 2.81. The summed E-state index contributed by atoms with van der Waals surface area (Å²) in [5.41, 5.74) is 1.50. The number of aromatic nitrogens is 1. The van der Waals surface area contributed by atoms with Crippen molar-refractivity contribution in [1.29, 1.82) is 0 Å². The molecular formula is C15H17NO2S. The summed E-state index contributed by atoms with van der Waals surface area (Å²) in [5, 5.41) is 10.1. The number of carbonyl (C=O) groups is 1. The Labute approximate surface area is 116 Å². The van der Waals surface area contributed by atoms with Gasteiger partial charge >= 0.3 is 5.97 Å². The molecule has 0 unspecified atom stereocenters. The van der Waals surface area contributed by atoms with Crippen LogP contribution in [0.1, 0.15) is 39.3 Å². The molecule has 19 heavy (non-hydrogen) atoms. The van der Waals surface area contributed by atoms with Crippen LogP contribution in [0.4, 0.5) is 0 Å². The fourth-order valence-electron chi connectivity index (χ4n) is 1.97. The fourth-order valence-corrected chi connectivity index (χ4v) is 3.13. The molecule has 0 aliphatic rings. The number of benzene rings is 1. The molecule has 0 saturated carbocycles. The number of rotatable bonds is 6. The Kier molecular flexibility index (Phi) is 4.68. The van der Waals surface area contributed by atoms with Gasteiger partial charge in [0, 0.05) is 11.3 Å². The van der Waals surface area contributed by atoms with Crippen molar-refractivity contribution in [1.82, 2.24) is 4.98 Å². The summed E-state index contributed by atoms with van der Waals surface area (Å²) in [6.07, 6.45) is 3.45. The van der Waals surface area contributed by atoms with E-state index in [0.29, 0.717) is 0 Å². The average molecular weight is 275 g/mol. The molecule has 0 amide bonds. The molecule has 0 spiro atoms. The Morgan fingerprint density at radius 2 is 1.95 bits per heavy atom. The van der Waals surface area contributed by atoms with Gasteiger partial charge in [0.05, 0.1) is 5.01 Å². The smallest absolute Gasteiger partial charge is 0.355 e. The maximum atomic E-state index is 11.1. The van der Waals surface area contributed by atoms with Crippen molar-refractivity contribution in [3.63, 3.8) is 0 Å². The molecule has 0 bridgehead atoms. The first kappa shape index (κ1) is 13.7. The Bertz CT molecular complexity index is 549. The Morgan fingerprint density at radius 1 is 1.21 bits per heavy atom. The van der Waals surface area contributed by atoms with Gasteiger partial charge in [-0.1, -0.05) is 43.7 Å². The highest BCUT2D eigenvalue weighted by Gasteiger charge is 2.16. The number of carboxylic acids is 1. The van der Waals surface area contributed by atoms with Crippen molar-refractivity contribution < 1.29 is 9.90 Å². The first-order valence-electron chi connectivity index (χ1n) is 6.46. The molecule has 100 valence electrons. The third-order valence-electron chi connectivity index (χ3n) is 2.89. The van der Waals surface area contributed by atoms with Crippen molar-refractivity contribution in [2.45, 2.75) is 32.6 Å². The molecule has 4 heteroatoms. The van der Waals surface area contributed by atoms with E-state index in [-0.39, 0.29) is 5.69 Å². The van der Waals surface area contributed by atoms with Crippen LogP contribution in [-0.4, -0.2) is 16.1 Å². The zero-order chi connectivity index (χ0) is 13.7. The summed E-state index contributed by atoms with van der Waals surface area (Å²) in [5.74, 6) is -0.911. The number of aryl methyl sites for hydroxylation is 3. The zero-order valence-corrected chi connectivity index (χ0v) is 11.7. The van der Waals surface area contributed by atoms with E-state index in [1.807, 2.05) is 18.2 Å². The summed E-state index contributed by atoms with van der Waals surface area (Å²) in [4.78, 5) is 16.3. The van der Waals surface area contributed by atoms with Crippen LogP contribution in [0.3, 0.4) is 0 Å². The number of carboxylic acid groups (broad SMARTS) is 1. The van der Waals surface area contributed by atoms with Crippen molar-refractivity contribution >= 4 is 17.3 Å². The quantitative estimate of drug-likeness (QED) is 0.876. The van der Waals surface area contributed by atoms with E-state index >= 15 is 0 Å². The molecule has 1 aromatic heterocycles. The van der Waals surface area contributed by atoms with Crippen molar-refractivity contribution in [2.24, 2.45) is 0 Å². The largest absolute Gasteiger partial charge is 0.476 e. The van der Waals surface area contributed by atoms with Crippen LogP contribution in [0.2, 0.25) is 0 Å². The second kappa shape index (κ2) is 6.48. The predicted octanol–water partition coefficient (Wildman–Crippen LogP) is 3.58. The molecular weight excluding hydrogens is 258 g/mol. The highest BCUT2D eigenvalue weighted by Crippen LogP contribution is 2.22. The topological polar surface area (TPSA) is 50.2 Å². The van der Waals surface area contributed by atoms with Gasteiger partial charge < -0.3 is 5.11 Å². The molecule has 0 atom stereocenters. The van der Waals surface area contributed by atoms with E-state index in [0.717, 1.165) is 35.6 Å². The van der Waals surface area contributed by atoms with E-state index in [1.54, 1.807) is 0 Å². The molecule has 0 aliphatic carbocycles. The van der Waals surface area contributed by atoms with Crippen LogP contribution in [-0.2, 0) is 19.3 Å². The first-order chi connectivity index (χ1) is 9.20. The normalized spacial score (nSPS) is 10.6. The third kappa shape index (κ3) is 3.64. The second-order valence-electron chi connectivity index (χ2n) is 4.42. The summed E-state index contributed by atoms with van der Waals surface area (Å²) in [6, 6.07) is 10.2. The molecule has 0 radical (unpaired) electrons. The minimum Gasteiger partial charge on any atom is -0.476 e. The zero-order valence-electron chi connectivity index (χ0n) is 10.9. The van der Waals surface area contributed by atoms with Gasteiger partial charge in [0.25, 0.3) is 0 Å². The summed E-state index contributed by atoms with van der Waals surface area (Å²) in [7, 11) is 0. The lowest BCUT2D eigenvalue weighted by molar-refractivity contribution is 0.0690. The van der Waals surface area contributed by atoms with E-state index in [1.165, 1.54) is 16.9 Å². The fraction of sp³-hybridized carbons (Fsp3) is 0.333. The SMILES string of the molecule is CCCc1sc(CCc2ccccc2)nc1C(=O)O. The lowest BCUT2D eigenvalue weighted by Crippen LogP contribution is -2.01. The maximum absolute atomic E-state index is 11.1. The summed E-state index contributed by atoms with van der Waals surface area (Å²) in [6.45, 7) is 2.05. The first-order valence-corrected chi connectivity index (χ1v) is 7.28. The molecule has 3 nitrogen and oxygen atoms in total. The third-order valence-corrected chi connectivity index (χ3v) is 4.07. The lowest BCUT2D eigenvalue weighted by atomic mass is 10.1. The van der Waals surface area contributed by atoms with Crippen LogP contribution >= 0.6 is 11.3 Å². The lowest BCUT2D eigenvalue weighted by Gasteiger charge is -1.97. The summed E-state index contributed by atoms with van der Waals surface area (Å²) >= 11 is 1.54. The Hall–Kier alpha value is -1.68. The molecule has 2 aromatic rings. The molecule has 1 N–H and O–H groups in total. The van der Waals surface area contributed by atoms with Crippen LogP contribution in [0.5, 0.6) is 0 Å². The van der Waals surface area contributed by atoms with E-state index in [9.17, 15) is 4.79 Å². The van der Waals surface area contributed by atoms with Crippen molar-refractivity contribution in [3.05, 3.63) is 51.5 Å². The van der Waals surface area contributed by atoms with Gasteiger partial charge in [-0.2, -0.15) is 0 Å². The molecule has 0 saturated heterocycles. The van der Waals surface area contributed by atoms with E-state index < -0.39 is 5.97 Å². The predicted molar refractivity (Wildman–Crippen MR) is 76.9 cm³/mol. The van der Waals surface area contributed by atoms with Crippen LogP contribution in [0.15, 0.2) is 30.3 Å². The number of thiazole rings is 1. The van der Waals surface area contributed by atoms with Gasteiger partial charge in [0.2, 0.25) is 0 Å². The minimum atomic E-state index is -0.911. The highest BCUT2D eigenvalue weighted by atomic mass is 32.1. The number of nitrogens with zero attached hydrogens (tertiary/aromatic N) is 1. The summed E-state index contributed by atoms with van der Waals surface area (Å²) < 4.78 is 0. The Morgan fingerprint density at radius 3 is 2.58 bits per heavy atom. The van der Waals surface area contributed by atoms with Crippen LogP contribution in [0.25, 0.3) is 0 Å². The van der Waals surface area contributed by atoms with E-state index in [4.69, 9.17) is 5.11 Å². The number of hydrogen-bond acceptors (Lipinski definition) is 3. The minimum absolute atomic E-state index is 0.245. The van der Waals surface area contributed by atoms with Crippen molar-refractivity contribution in [2.75, 3.05) is 0 Å². The standard InChI is InChI=1S/C15H17NO2S/c1-2-6-12-14(15(17)18)16-13(19-12)10-9-11-7-4-3-5-8-11/h3-5,7-8H,2,6,9-10H2,1H3,(H,17,18). The van der Waals surface area contributed by atoms with Gasteiger partial charge in [-0.05, 0) is 18.4 Å². The van der Waals surface area contributed by atoms with E-state index in [2.05, 4.69) is 24.0 Å².